The summed E-state index contributed by atoms with van der Waals surface area (Å²) in [7, 11) is 0. The van der Waals surface area contributed by atoms with Crippen LogP contribution in [0.5, 0.6) is 5.75 Å². The summed E-state index contributed by atoms with van der Waals surface area (Å²) in [6.45, 7) is 7.25. The summed E-state index contributed by atoms with van der Waals surface area (Å²) >= 11 is 0. The van der Waals surface area contributed by atoms with Crippen LogP contribution in [0.1, 0.15) is 24.1 Å². The van der Waals surface area contributed by atoms with Crippen molar-refractivity contribution in [2.45, 2.75) is 19.5 Å². The van der Waals surface area contributed by atoms with Crippen LogP contribution in [0, 0.1) is 5.82 Å². The Morgan fingerprint density at radius 2 is 1.96 bits per heavy atom. The minimum Gasteiger partial charge on any atom is -0.494 e. The molecule has 0 aromatic heterocycles. The van der Waals surface area contributed by atoms with E-state index in [1.165, 1.54) is 6.07 Å². The van der Waals surface area contributed by atoms with Gasteiger partial charge in [0.15, 0.2) is 0 Å². The van der Waals surface area contributed by atoms with Crippen LogP contribution in [0.2, 0.25) is 0 Å². The van der Waals surface area contributed by atoms with E-state index in [1.807, 2.05) is 31.2 Å². The van der Waals surface area contributed by atoms with Gasteiger partial charge < -0.3 is 14.8 Å². The standard InChI is InChI=1S/C21H27FN2O2/c1-2-26-21-9-4-3-6-18(21)15-23-16-20(24-10-12-25-13-11-24)17-7-5-8-19(22)14-17/h3-9,14,20,23H,2,10-13,15-16H2,1H3. The van der Waals surface area contributed by atoms with E-state index >= 15 is 0 Å². The van der Waals surface area contributed by atoms with Crippen LogP contribution in [0.15, 0.2) is 48.5 Å². The van der Waals surface area contributed by atoms with Gasteiger partial charge in [-0.15, -0.1) is 0 Å². The van der Waals surface area contributed by atoms with Gasteiger partial charge in [-0.3, -0.25) is 4.90 Å². The van der Waals surface area contributed by atoms with Gasteiger partial charge in [0, 0.05) is 37.8 Å². The van der Waals surface area contributed by atoms with Gasteiger partial charge in [0.05, 0.1) is 19.8 Å². The van der Waals surface area contributed by atoms with E-state index in [2.05, 4.69) is 16.3 Å². The quantitative estimate of drug-likeness (QED) is 0.784. The molecular weight excluding hydrogens is 331 g/mol. The second-order valence-electron chi connectivity index (χ2n) is 6.39. The molecule has 0 amide bonds. The van der Waals surface area contributed by atoms with Crippen molar-refractivity contribution in [1.82, 2.24) is 10.2 Å². The first-order valence-corrected chi connectivity index (χ1v) is 9.26. The van der Waals surface area contributed by atoms with Gasteiger partial charge in [-0.25, -0.2) is 4.39 Å². The zero-order chi connectivity index (χ0) is 18.2. The van der Waals surface area contributed by atoms with Crippen LogP contribution in [-0.2, 0) is 11.3 Å². The topological polar surface area (TPSA) is 33.7 Å². The Labute approximate surface area is 154 Å². The minimum absolute atomic E-state index is 0.119. The molecule has 0 saturated carbocycles. The third-order valence-electron chi connectivity index (χ3n) is 4.65. The molecule has 1 saturated heterocycles. The van der Waals surface area contributed by atoms with E-state index < -0.39 is 0 Å². The molecule has 0 bridgehead atoms. The first-order valence-electron chi connectivity index (χ1n) is 9.26. The van der Waals surface area contributed by atoms with Gasteiger partial charge in [0.1, 0.15) is 11.6 Å². The summed E-state index contributed by atoms with van der Waals surface area (Å²) in [4.78, 5) is 2.36. The fraction of sp³-hybridized carbons (Fsp3) is 0.429. The van der Waals surface area contributed by atoms with Gasteiger partial charge in [-0.2, -0.15) is 0 Å². The number of para-hydroxylation sites is 1. The van der Waals surface area contributed by atoms with E-state index in [0.717, 1.165) is 49.7 Å². The number of morpholine rings is 1. The number of rotatable bonds is 8. The molecule has 1 aliphatic heterocycles. The molecule has 0 radical (unpaired) electrons. The highest BCUT2D eigenvalue weighted by Crippen LogP contribution is 2.23. The predicted octanol–water partition coefficient (Wildman–Crippen LogP) is 3.39. The van der Waals surface area contributed by atoms with Gasteiger partial charge in [0.25, 0.3) is 0 Å². The fourth-order valence-electron chi connectivity index (χ4n) is 3.35. The molecule has 4 nitrogen and oxygen atoms in total. The van der Waals surface area contributed by atoms with Crippen molar-refractivity contribution in [1.29, 1.82) is 0 Å². The average Bonchev–Trinajstić information content (AvgIpc) is 2.67. The van der Waals surface area contributed by atoms with Gasteiger partial charge in [-0.05, 0) is 30.7 Å². The van der Waals surface area contributed by atoms with Crippen molar-refractivity contribution in [3.05, 3.63) is 65.5 Å². The van der Waals surface area contributed by atoms with Crippen LogP contribution in [0.25, 0.3) is 0 Å². The lowest BCUT2D eigenvalue weighted by Crippen LogP contribution is -2.42. The van der Waals surface area contributed by atoms with E-state index in [4.69, 9.17) is 9.47 Å². The second kappa shape index (κ2) is 9.67. The summed E-state index contributed by atoms with van der Waals surface area (Å²) in [5.74, 6) is 0.721. The molecular formula is C21H27FN2O2. The molecule has 1 heterocycles. The Kier molecular flexibility index (Phi) is 7.00. The third-order valence-corrected chi connectivity index (χ3v) is 4.65. The summed E-state index contributed by atoms with van der Waals surface area (Å²) in [5, 5.41) is 3.53. The number of hydrogen-bond donors (Lipinski definition) is 1. The Bertz CT molecular complexity index is 689. The van der Waals surface area contributed by atoms with E-state index in [-0.39, 0.29) is 11.9 Å². The molecule has 5 heteroatoms. The number of nitrogens with one attached hydrogen (secondary N) is 1. The molecule has 3 rings (SSSR count). The van der Waals surface area contributed by atoms with Crippen molar-refractivity contribution in [2.24, 2.45) is 0 Å². The van der Waals surface area contributed by atoms with Crippen LogP contribution < -0.4 is 10.1 Å². The first kappa shape index (κ1) is 18.8. The summed E-state index contributed by atoms with van der Waals surface area (Å²) in [5.41, 5.74) is 2.13. The lowest BCUT2D eigenvalue weighted by Gasteiger charge is -2.35. The largest absolute Gasteiger partial charge is 0.494 e. The van der Waals surface area contributed by atoms with E-state index in [1.54, 1.807) is 12.1 Å². The summed E-state index contributed by atoms with van der Waals surface area (Å²) in [6, 6.07) is 15.1. The van der Waals surface area contributed by atoms with Gasteiger partial charge in [-0.1, -0.05) is 30.3 Å². The molecule has 1 unspecified atom stereocenters. The fourth-order valence-corrected chi connectivity index (χ4v) is 3.35. The van der Waals surface area contributed by atoms with Crippen molar-refractivity contribution in [3.63, 3.8) is 0 Å². The lowest BCUT2D eigenvalue weighted by atomic mass is 10.0. The molecule has 1 N–H and O–H groups in total. The Hall–Kier alpha value is -1.95. The number of hydrogen-bond acceptors (Lipinski definition) is 4. The summed E-state index contributed by atoms with van der Waals surface area (Å²) in [6.07, 6.45) is 0. The predicted molar refractivity (Wildman–Crippen MR) is 101 cm³/mol. The zero-order valence-corrected chi connectivity index (χ0v) is 15.3. The maximum Gasteiger partial charge on any atom is 0.123 e. The summed E-state index contributed by atoms with van der Waals surface area (Å²) < 4.78 is 24.9. The van der Waals surface area contributed by atoms with Crippen molar-refractivity contribution in [2.75, 3.05) is 39.5 Å². The number of halogens is 1. The van der Waals surface area contributed by atoms with E-state index in [9.17, 15) is 4.39 Å². The van der Waals surface area contributed by atoms with Crippen LogP contribution in [-0.4, -0.2) is 44.4 Å². The average molecular weight is 358 g/mol. The monoisotopic (exact) mass is 358 g/mol. The number of nitrogens with zero attached hydrogens (tertiary/aromatic N) is 1. The van der Waals surface area contributed by atoms with Crippen LogP contribution in [0.4, 0.5) is 4.39 Å². The zero-order valence-electron chi connectivity index (χ0n) is 15.3. The minimum atomic E-state index is -0.192. The highest BCUT2D eigenvalue weighted by atomic mass is 19.1. The van der Waals surface area contributed by atoms with Crippen molar-refractivity contribution < 1.29 is 13.9 Å². The lowest BCUT2D eigenvalue weighted by molar-refractivity contribution is 0.0160. The molecule has 1 fully saturated rings. The van der Waals surface area contributed by atoms with Gasteiger partial charge >= 0.3 is 0 Å². The first-order chi connectivity index (χ1) is 12.8. The smallest absolute Gasteiger partial charge is 0.123 e. The number of ether oxygens (including phenoxy) is 2. The number of benzene rings is 2. The van der Waals surface area contributed by atoms with Crippen molar-refractivity contribution >= 4 is 0 Å². The highest BCUT2D eigenvalue weighted by Gasteiger charge is 2.22. The molecule has 26 heavy (non-hydrogen) atoms. The Morgan fingerprint density at radius 3 is 2.73 bits per heavy atom. The molecule has 0 aliphatic carbocycles. The Balaban J connectivity index is 1.68. The van der Waals surface area contributed by atoms with Crippen molar-refractivity contribution in [3.8, 4) is 5.75 Å². The SMILES string of the molecule is CCOc1ccccc1CNCC(c1cccc(F)c1)N1CCOCC1. The third kappa shape index (κ3) is 5.04. The maximum absolute atomic E-state index is 13.7. The molecule has 1 aliphatic rings. The van der Waals surface area contributed by atoms with Crippen LogP contribution in [0.3, 0.4) is 0 Å². The highest BCUT2D eigenvalue weighted by molar-refractivity contribution is 5.33. The molecule has 2 aromatic carbocycles. The van der Waals surface area contributed by atoms with E-state index in [0.29, 0.717) is 13.2 Å². The van der Waals surface area contributed by atoms with Gasteiger partial charge in [0.2, 0.25) is 0 Å². The molecule has 2 aromatic rings. The molecule has 0 spiro atoms. The molecule has 1 atom stereocenters. The van der Waals surface area contributed by atoms with Crippen LogP contribution >= 0.6 is 0 Å². The maximum atomic E-state index is 13.7. The normalized spacial score (nSPS) is 16.4. The second-order valence-corrected chi connectivity index (χ2v) is 6.39. The molecule has 140 valence electrons. The Morgan fingerprint density at radius 1 is 1.15 bits per heavy atom.